The maximum Gasteiger partial charge on any atom is 0.0109 e. The lowest BCUT2D eigenvalue weighted by molar-refractivity contribution is 0.257. The molecule has 0 aromatic rings. The first kappa shape index (κ1) is 12.9. The molecule has 1 aliphatic heterocycles. The Labute approximate surface area is 94.8 Å². The maximum absolute atomic E-state index is 3.45. The van der Waals surface area contributed by atoms with Crippen LogP contribution in [-0.2, 0) is 0 Å². The van der Waals surface area contributed by atoms with Crippen molar-refractivity contribution < 1.29 is 0 Å². The Balaban J connectivity index is 2.08. The van der Waals surface area contributed by atoms with Crippen molar-refractivity contribution in [3.8, 4) is 0 Å². The van der Waals surface area contributed by atoms with Crippen molar-refractivity contribution in [1.29, 1.82) is 0 Å². The third-order valence-electron chi connectivity index (χ3n) is 3.39. The first-order valence-electron chi connectivity index (χ1n) is 6.37. The molecule has 1 saturated heterocycles. The molecule has 1 heterocycles. The minimum absolute atomic E-state index is 0.886. The first-order chi connectivity index (χ1) is 7.26. The summed E-state index contributed by atoms with van der Waals surface area (Å²) >= 11 is 0. The predicted molar refractivity (Wildman–Crippen MR) is 66.3 cm³/mol. The summed E-state index contributed by atoms with van der Waals surface area (Å²) in [4.78, 5) is 4.99. The van der Waals surface area contributed by atoms with Gasteiger partial charge in [-0.15, -0.1) is 0 Å². The number of nitrogens with zero attached hydrogens (tertiary/aromatic N) is 2. The molecule has 1 unspecified atom stereocenters. The average Bonchev–Trinajstić information content (AvgIpc) is 2.71. The van der Waals surface area contributed by atoms with Crippen LogP contribution >= 0.6 is 0 Å². The highest BCUT2D eigenvalue weighted by Crippen LogP contribution is 2.14. The van der Waals surface area contributed by atoms with Crippen molar-refractivity contribution >= 4 is 0 Å². The number of hydrogen-bond donors (Lipinski definition) is 1. The summed E-state index contributed by atoms with van der Waals surface area (Å²) < 4.78 is 0. The summed E-state index contributed by atoms with van der Waals surface area (Å²) in [7, 11) is 2.20. The van der Waals surface area contributed by atoms with E-state index in [2.05, 4.69) is 36.0 Å². The Morgan fingerprint density at radius 1 is 1.40 bits per heavy atom. The molecule has 0 bridgehead atoms. The molecule has 1 aliphatic rings. The summed E-state index contributed by atoms with van der Waals surface area (Å²) in [6, 6.07) is 0. The van der Waals surface area contributed by atoms with Gasteiger partial charge in [0.1, 0.15) is 0 Å². The van der Waals surface area contributed by atoms with Gasteiger partial charge in [-0.25, -0.2) is 0 Å². The third kappa shape index (κ3) is 4.96. The molecule has 1 atom stereocenters. The molecule has 3 heteroatoms. The normalized spacial score (nSPS) is 22.8. The Kier molecular flexibility index (Phi) is 6.22. The fourth-order valence-corrected chi connectivity index (χ4v) is 2.10. The topological polar surface area (TPSA) is 18.5 Å². The van der Waals surface area contributed by atoms with Gasteiger partial charge in [0.25, 0.3) is 0 Å². The molecule has 0 amide bonds. The smallest absolute Gasteiger partial charge is 0.0109 e. The summed E-state index contributed by atoms with van der Waals surface area (Å²) in [6.07, 6.45) is 1.38. The second kappa shape index (κ2) is 7.20. The number of hydrogen-bond acceptors (Lipinski definition) is 3. The van der Waals surface area contributed by atoms with Crippen LogP contribution in [0.15, 0.2) is 0 Å². The molecule has 0 spiro atoms. The van der Waals surface area contributed by atoms with Gasteiger partial charge in [-0.3, -0.25) is 0 Å². The van der Waals surface area contributed by atoms with Crippen LogP contribution < -0.4 is 5.32 Å². The van der Waals surface area contributed by atoms with E-state index >= 15 is 0 Å². The van der Waals surface area contributed by atoms with Crippen LogP contribution in [0.2, 0.25) is 0 Å². The quantitative estimate of drug-likeness (QED) is 0.677. The zero-order valence-electron chi connectivity index (χ0n) is 10.6. The van der Waals surface area contributed by atoms with Crippen LogP contribution in [0.4, 0.5) is 0 Å². The number of nitrogens with one attached hydrogen (secondary N) is 1. The molecule has 1 N–H and O–H groups in total. The van der Waals surface area contributed by atoms with Gasteiger partial charge in [0.15, 0.2) is 0 Å². The Morgan fingerprint density at radius 2 is 2.20 bits per heavy atom. The van der Waals surface area contributed by atoms with E-state index in [1.807, 2.05) is 0 Å². The van der Waals surface area contributed by atoms with E-state index in [0.717, 1.165) is 19.0 Å². The van der Waals surface area contributed by atoms with E-state index in [9.17, 15) is 0 Å². The zero-order valence-corrected chi connectivity index (χ0v) is 10.6. The number of rotatable bonds is 7. The van der Waals surface area contributed by atoms with Gasteiger partial charge in [-0.05, 0) is 45.6 Å². The Hall–Kier alpha value is -0.120. The maximum atomic E-state index is 3.45. The SMILES string of the molecule is CCNCC1CCN(CCN(C)CC)C1. The molecule has 90 valence electrons. The van der Waals surface area contributed by atoms with E-state index in [-0.39, 0.29) is 0 Å². The van der Waals surface area contributed by atoms with Gasteiger partial charge in [0.05, 0.1) is 0 Å². The molecule has 1 rings (SSSR count). The first-order valence-corrected chi connectivity index (χ1v) is 6.37. The van der Waals surface area contributed by atoms with Crippen LogP contribution in [0.1, 0.15) is 20.3 Å². The van der Waals surface area contributed by atoms with Crippen molar-refractivity contribution in [2.75, 3.05) is 52.9 Å². The molecule has 1 fully saturated rings. The fraction of sp³-hybridized carbons (Fsp3) is 1.00. The highest BCUT2D eigenvalue weighted by atomic mass is 15.2. The lowest BCUT2D eigenvalue weighted by atomic mass is 10.1. The second-order valence-electron chi connectivity index (χ2n) is 4.66. The van der Waals surface area contributed by atoms with Crippen LogP contribution in [0, 0.1) is 5.92 Å². The lowest BCUT2D eigenvalue weighted by Crippen LogP contribution is -2.32. The second-order valence-corrected chi connectivity index (χ2v) is 4.66. The number of likely N-dealkylation sites (tertiary alicyclic amines) is 1. The van der Waals surface area contributed by atoms with Gasteiger partial charge in [0.2, 0.25) is 0 Å². The van der Waals surface area contributed by atoms with Crippen LogP contribution in [-0.4, -0.2) is 62.7 Å². The largest absolute Gasteiger partial charge is 0.317 e. The van der Waals surface area contributed by atoms with Crippen molar-refractivity contribution in [3.63, 3.8) is 0 Å². The van der Waals surface area contributed by atoms with Gasteiger partial charge >= 0.3 is 0 Å². The van der Waals surface area contributed by atoms with Gasteiger partial charge in [-0.1, -0.05) is 13.8 Å². The minimum Gasteiger partial charge on any atom is -0.317 e. The van der Waals surface area contributed by atoms with Crippen molar-refractivity contribution in [2.45, 2.75) is 20.3 Å². The predicted octanol–water partition coefficient (Wildman–Crippen LogP) is 0.870. The molecule has 0 aromatic heterocycles. The van der Waals surface area contributed by atoms with E-state index in [0.29, 0.717) is 0 Å². The van der Waals surface area contributed by atoms with Gasteiger partial charge in [-0.2, -0.15) is 0 Å². The van der Waals surface area contributed by atoms with Crippen LogP contribution in [0.3, 0.4) is 0 Å². The van der Waals surface area contributed by atoms with Crippen LogP contribution in [0.25, 0.3) is 0 Å². The van der Waals surface area contributed by atoms with Crippen molar-refractivity contribution in [2.24, 2.45) is 5.92 Å². The molecular weight excluding hydrogens is 186 g/mol. The van der Waals surface area contributed by atoms with Gasteiger partial charge in [0, 0.05) is 19.6 Å². The summed E-state index contributed by atoms with van der Waals surface area (Å²) in [5.41, 5.74) is 0. The molecule has 0 radical (unpaired) electrons. The number of likely N-dealkylation sites (N-methyl/N-ethyl adjacent to an activating group) is 1. The van der Waals surface area contributed by atoms with E-state index in [1.165, 1.54) is 39.1 Å². The van der Waals surface area contributed by atoms with Crippen LogP contribution in [0.5, 0.6) is 0 Å². The standard InChI is InChI=1S/C12H27N3/c1-4-13-10-12-6-7-15(11-12)9-8-14(3)5-2/h12-13H,4-11H2,1-3H3. The van der Waals surface area contributed by atoms with Gasteiger partial charge < -0.3 is 15.1 Å². The average molecular weight is 213 g/mol. The highest BCUT2D eigenvalue weighted by molar-refractivity contribution is 4.77. The van der Waals surface area contributed by atoms with Crippen molar-refractivity contribution in [1.82, 2.24) is 15.1 Å². The summed E-state index contributed by atoms with van der Waals surface area (Å²) in [5, 5.41) is 3.45. The van der Waals surface area contributed by atoms with Crippen molar-refractivity contribution in [3.05, 3.63) is 0 Å². The molecule has 15 heavy (non-hydrogen) atoms. The molecule has 0 aromatic carbocycles. The van der Waals surface area contributed by atoms with E-state index in [1.54, 1.807) is 0 Å². The zero-order chi connectivity index (χ0) is 11.1. The molecular formula is C12H27N3. The molecule has 0 aliphatic carbocycles. The third-order valence-corrected chi connectivity index (χ3v) is 3.39. The highest BCUT2D eigenvalue weighted by Gasteiger charge is 2.21. The monoisotopic (exact) mass is 213 g/mol. The fourth-order valence-electron chi connectivity index (χ4n) is 2.10. The molecule has 0 saturated carbocycles. The summed E-state index contributed by atoms with van der Waals surface area (Å²) in [5.74, 6) is 0.886. The Morgan fingerprint density at radius 3 is 2.87 bits per heavy atom. The lowest BCUT2D eigenvalue weighted by Gasteiger charge is -2.20. The van der Waals surface area contributed by atoms with E-state index in [4.69, 9.17) is 0 Å². The summed E-state index contributed by atoms with van der Waals surface area (Å²) in [6.45, 7) is 12.9. The Bertz CT molecular complexity index is 161. The van der Waals surface area contributed by atoms with E-state index < -0.39 is 0 Å². The molecule has 3 nitrogen and oxygen atoms in total. The minimum atomic E-state index is 0.886.